The molecule has 0 saturated carbocycles. The van der Waals surface area contributed by atoms with Gasteiger partial charge in [-0.25, -0.2) is 9.37 Å². The molecule has 1 aliphatic heterocycles. The van der Waals surface area contributed by atoms with Crippen LogP contribution in [0.15, 0.2) is 71.8 Å². The number of alkyl halides is 3. The zero-order chi connectivity index (χ0) is 31.0. The second-order valence-corrected chi connectivity index (χ2v) is 10.8. The molecule has 0 unspecified atom stereocenters. The molecule has 0 atom stereocenters. The van der Waals surface area contributed by atoms with E-state index < -0.39 is 24.1 Å². The fraction of sp³-hybridized carbons (Fsp3) is 0.290. The lowest BCUT2D eigenvalue weighted by Gasteiger charge is -2.33. The molecule has 1 aliphatic rings. The van der Waals surface area contributed by atoms with Gasteiger partial charge >= 0.3 is 6.18 Å². The number of aryl methyl sites for hydroxylation is 1. The van der Waals surface area contributed by atoms with E-state index in [2.05, 4.69) is 37.6 Å². The van der Waals surface area contributed by atoms with Gasteiger partial charge in [-0.1, -0.05) is 12.1 Å². The quantitative estimate of drug-likeness (QED) is 0.237. The molecule has 3 aromatic heterocycles. The zero-order valence-electron chi connectivity index (χ0n) is 24.1. The first-order valence-electron chi connectivity index (χ1n) is 14.1. The molecule has 4 heterocycles. The molecule has 0 aliphatic carbocycles. The van der Waals surface area contributed by atoms with Crippen molar-refractivity contribution in [3.05, 3.63) is 83.2 Å². The number of nitrogens with zero attached hydrogens (tertiary/aromatic N) is 6. The summed E-state index contributed by atoms with van der Waals surface area (Å²) in [5.74, 6) is -0.737. The summed E-state index contributed by atoms with van der Waals surface area (Å²) in [5.41, 5.74) is 1.22. The van der Waals surface area contributed by atoms with E-state index >= 15 is 4.39 Å². The van der Waals surface area contributed by atoms with Gasteiger partial charge in [-0.2, -0.15) is 23.3 Å². The fourth-order valence-electron chi connectivity index (χ4n) is 5.60. The Balaban J connectivity index is 1.33. The Morgan fingerprint density at radius 2 is 1.80 bits per heavy atom. The van der Waals surface area contributed by atoms with E-state index in [1.807, 2.05) is 24.3 Å². The minimum atomic E-state index is -4.73. The Morgan fingerprint density at radius 1 is 1.05 bits per heavy atom. The Labute approximate surface area is 250 Å². The third kappa shape index (κ3) is 6.00. The normalized spacial score (nSPS) is 14.2. The van der Waals surface area contributed by atoms with Gasteiger partial charge in [-0.05, 0) is 68.4 Å². The number of fused-ring (bicyclic) bond motifs is 1. The first-order valence-corrected chi connectivity index (χ1v) is 14.1. The molecule has 6 rings (SSSR count). The molecule has 44 heavy (non-hydrogen) atoms. The van der Waals surface area contributed by atoms with Crippen LogP contribution in [0.3, 0.4) is 0 Å². The van der Waals surface area contributed by atoms with Gasteiger partial charge in [0.25, 0.3) is 5.56 Å². The standard InChI is InChI=1S/C31H30F4N8O/c1-41(23-9-12-36-13-10-23)22-6-4-21(5-7-22)39-30-37-17-20-15-25(29(44)43(28(20)40-30)18-31(33,34)35)24-8-3-19(16-26(24)32)27-11-14-38-42(27)2/h3-8,11,14-17,23,36H,9-10,12-13,18H2,1-2H3,(H,37,39,40). The fourth-order valence-corrected chi connectivity index (χ4v) is 5.60. The van der Waals surface area contributed by atoms with Crippen LogP contribution in [-0.4, -0.2) is 56.7 Å². The summed E-state index contributed by atoms with van der Waals surface area (Å²) in [6.07, 6.45) is 0.249. The third-order valence-corrected chi connectivity index (χ3v) is 7.93. The number of nitrogens with one attached hydrogen (secondary N) is 2. The van der Waals surface area contributed by atoms with Gasteiger partial charge in [0.2, 0.25) is 5.95 Å². The Kier molecular flexibility index (Phi) is 7.80. The minimum absolute atomic E-state index is 0.0201. The van der Waals surface area contributed by atoms with Crippen LogP contribution in [-0.2, 0) is 13.6 Å². The SMILES string of the molecule is CN(c1ccc(Nc2ncc3cc(-c4ccc(-c5ccnn5C)cc4F)c(=O)n(CC(F)(F)F)c3n2)cc1)C1CCNCC1. The predicted octanol–water partition coefficient (Wildman–Crippen LogP) is 5.49. The summed E-state index contributed by atoms with van der Waals surface area (Å²) in [5, 5.41) is 10.6. The maximum atomic E-state index is 15.4. The Hall–Kier alpha value is -4.78. The molecule has 0 bridgehead atoms. The van der Waals surface area contributed by atoms with Crippen molar-refractivity contribution < 1.29 is 17.6 Å². The highest BCUT2D eigenvalue weighted by Crippen LogP contribution is 2.29. The summed E-state index contributed by atoms with van der Waals surface area (Å²) < 4.78 is 58.5. The van der Waals surface area contributed by atoms with Gasteiger partial charge in [0.05, 0.1) is 11.3 Å². The zero-order valence-corrected chi connectivity index (χ0v) is 24.1. The lowest BCUT2D eigenvalue weighted by molar-refractivity contribution is -0.140. The summed E-state index contributed by atoms with van der Waals surface area (Å²) in [6.45, 7) is 0.351. The number of pyridine rings is 1. The van der Waals surface area contributed by atoms with Crippen molar-refractivity contribution in [2.75, 3.05) is 30.4 Å². The molecular weight excluding hydrogens is 576 g/mol. The molecule has 13 heteroatoms. The third-order valence-electron chi connectivity index (χ3n) is 7.93. The number of hydrogen-bond donors (Lipinski definition) is 2. The van der Waals surface area contributed by atoms with Crippen molar-refractivity contribution in [3.63, 3.8) is 0 Å². The van der Waals surface area contributed by atoms with Crippen LogP contribution in [0, 0.1) is 5.82 Å². The second-order valence-electron chi connectivity index (χ2n) is 10.8. The average molecular weight is 607 g/mol. The molecule has 0 spiro atoms. The molecule has 9 nitrogen and oxygen atoms in total. The molecule has 0 radical (unpaired) electrons. The van der Waals surface area contributed by atoms with E-state index in [-0.39, 0.29) is 28.1 Å². The lowest BCUT2D eigenvalue weighted by atomic mass is 10.0. The van der Waals surface area contributed by atoms with Crippen LogP contribution in [0.4, 0.5) is 34.9 Å². The monoisotopic (exact) mass is 606 g/mol. The van der Waals surface area contributed by atoms with Crippen molar-refractivity contribution in [1.82, 2.24) is 29.6 Å². The molecule has 5 aromatic rings. The van der Waals surface area contributed by atoms with Crippen molar-refractivity contribution >= 4 is 28.4 Å². The number of halogens is 4. The summed E-state index contributed by atoms with van der Waals surface area (Å²) >= 11 is 0. The summed E-state index contributed by atoms with van der Waals surface area (Å²) in [6, 6.07) is 15.2. The van der Waals surface area contributed by atoms with E-state index in [1.54, 1.807) is 30.1 Å². The van der Waals surface area contributed by atoms with Gasteiger partial charge in [-0.3, -0.25) is 14.0 Å². The lowest BCUT2D eigenvalue weighted by Crippen LogP contribution is -2.41. The molecule has 228 valence electrons. The molecule has 1 saturated heterocycles. The number of aromatic nitrogens is 5. The number of benzene rings is 2. The van der Waals surface area contributed by atoms with E-state index in [0.717, 1.165) is 31.6 Å². The maximum absolute atomic E-state index is 15.4. The number of anilines is 3. The second kappa shape index (κ2) is 11.7. The number of hydrogen-bond acceptors (Lipinski definition) is 7. The van der Waals surface area contributed by atoms with Crippen LogP contribution < -0.4 is 21.1 Å². The Bertz CT molecular complexity index is 1860. The first kappa shape index (κ1) is 29.3. The predicted molar refractivity (Wildman–Crippen MR) is 161 cm³/mol. The van der Waals surface area contributed by atoms with Crippen LogP contribution >= 0.6 is 0 Å². The summed E-state index contributed by atoms with van der Waals surface area (Å²) in [4.78, 5) is 24.3. The van der Waals surface area contributed by atoms with Gasteiger partial charge in [0.15, 0.2) is 0 Å². The minimum Gasteiger partial charge on any atom is -0.372 e. The van der Waals surface area contributed by atoms with Crippen LogP contribution in [0.2, 0.25) is 0 Å². The van der Waals surface area contributed by atoms with Crippen LogP contribution in [0.1, 0.15) is 12.8 Å². The molecule has 0 amide bonds. The van der Waals surface area contributed by atoms with Crippen molar-refractivity contribution in [3.8, 4) is 22.4 Å². The highest BCUT2D eigenvalue weighted by atomic mass is 19.4. The topological polar surface area (TPSA) is 92.9 Å². The first-order chi connectivity index (χ1) is 21.1. The van der Waals surface area contributed by atoms with Crippen LogP contribution in [0.25, 0.3) is 33.4 Å². The molecule has 2 aromatic carbocycles. The van der Waals surface area contributed by atoms with E-state index in [0.29, 0.717) is 27.6 Å². The highest BCUT2D eigenvalue weighted by Gasteiger charge is 2.31. The maximum Gasteiger partial charge on any atom is 0.406 e. The molecule has 2 N–H and O–H groups in total. The van der Waals surface area contributed by atoms with Gasteiger partial charge < -0.3 is 15.5 Å². The van der Waals surface area contributed by atoms with Gasteiger partial charge in [0, 0.05) is 60.4 Å². The van der Waals surface area contributed by atoms with E-state index in [9.17, 15) is 18.0 Å². The van der Waals surface area contributed by atoms with Gasteiger partial charge in [-0.15, -0.1) is 0 Å². The molecule has 1 fully saturated rings. The number of piperidine rings is 1. The number of rotatable bonds is 7. The summed E-state index contributed by atoms with van der Waals surface area (Å²) in [7, 11) is 3.76. The highest BCUT2D eigenvalue weighted by molar-refractivity contribution is 5.82. The van der Waals surface area contributed by atoms with E-state index in [4.69, 9.17) is 0 Å². The van der Waals surface area contributed by atoms with E-state index in [1.165, 1.54) is 24.4 Å². The van der Waals surface area contributed by atoms with Crippen LogP contribution in [0.5, 0.6) is 0 Å². The average Bonchev–Trinajstić information content (AvgIpc) is 3.44. The smallest absolute Gasteiger partial charge is 0.372 e. The van der Waals surface area contributed by atoms with Crippen molar-refractivity contribution in [2.45, 2.75) is 31.6 Å². The van der Waals surface area contributed by atoms with Crippen molar-refractivity contribution in [1.29, 1.82) is 0 Å². The van der Waals surface area contributed by atoms with Gasteiger partial charge in [0.1, 0.15) is 18.0 Å². The Morgan fingerprint density at radius 3 is 2.45 bits per heavy atom. The largest absolute Gasteiger partial charge is 0.406 e. The molecular formula is C31H30F4N8O. The van der Waals surface area contributed by atoms with Crippen molar-refractivity contribution in [2.24, 2.45) is 7.05 Å².